The number of rotatable bonds is 10. The zero-order valence-corrected chi connectivity index (χ0v) is 20.8. The number of hydrogen-bond donors (Lipinski definition) is 2. The Hall–Kier alpha value is -3.01. The van der Waals surface area contributed by atoms with Gasteiger partial charge in [0, 0.05) is 30.9 Å². The van der Waals surface area contributed by atoms with Crippen molar-refractivity contribution in [2.24, 2.45) is 5.92 Å². The smallest absolute Gasteiger partial charge is 0.220 e. The summed E-state index contributed by atoms with van der Waals surface area (Å²) >= 11 is 0. The Labute approximate surface area is 205 Å². The highest BCUT2D eigenvalue weighted by molar-refractivity contribution is 5.71. The summed E-state index contributed by atoms with van der Waals surface area (Å²) in [5.74, 6) is 2.83. The molecule has 1 aromatic carbocycles. The van der Waals surface area contributed by atoms with Crippen molar-refractivity contribution >= 4 is 0 Å². The van der Waals surface area contributed by atoms with E-state index >= 15 is 0 Å². The van der Waals surface area contributed by atoms with Crippen molar-refractivity contribution in [3.8, 4) is 34.3 Å². The molecule has 3 heterocycles. The van der Waals surface area contributed by atoms with Gasteiger partial charge in [-0.1, -0.05) is 17.3 Å². The number of hydrogen-bond acceptors (Lipinski definition) is 9. The van der Waals surface area contributed by atoms with Crippen LogP contribution in [0.2, 0.25) is 0 Å². The van der Waals surface area contributed by atoms with E-state index in [9.17, 15) is 5.11 Å². The molecule has 188 valence electrons. The molecular weight excluding hydrogens is 448 g/mol. The minimum Gasteiger partial charge on any atom is -0.491 e. The Balaban J connectivity index is 1.67. The maximum absolute atomic E-state index is 9.97. The number of likely N-dealkylation sites (N-methyl/N-ethyl adjacent to an activating group) is 1. The summed E-state index contributed by atoms with van der Waals surface area (Å²) in [4.78, 5) is 9.69. The standard InChI is InChI=1S/C26H34N4O5/c1-16-24(23-17(2)30-35-18(23)3)28-25(29-26(16)34-14-19-8-10-32-11-9-19)20-6-5-7-22(12-20)33-15-21(31)13-27-4/h5-7,12,19,21,27,31H,8-11,13-15H2,1-4H3. The number of nitrogens with one attached hydrogen (secondary N) is 1. The summed E-state index contributed by atoms with van der Waals surface area (Å²) < 4.78 is 23.0. The third-order valence-corrected chi connectivity index (χ3v) is 6.14. The number of benzene rings is 1. The maximum atomic E-state index is 9.97. The highest BCUT2D eigenvalue weighted by Crippen LogP contribution is 2.35. The van der Waals surface area contributed by atoms with Gasteiger partial charge in [0.25, 0.3) is 0 Å². The predicted octanol–water partition coefficient (Wildman–Crippen LogP) is 3.49. The van der Waals surface area contributed by atoms with Gasteiger partial charge >= 0.3 is 0 Å². The van der Waals surface area contributed by atoms with Crippen LogP contribution in [0.1, 0.15) is 29.9 Å². The fraction of sp³-hybridized carbons (Fsp3) is 0.500. The van der Waals surface area contributed by atoms with Crippen LogP contribution in [0.25, 0.3) is 22.6 Å². The summed E-state index contributed by atoms with van der Waals surface area (Å²) in [6.07, 6.45) is 1.36. The Kier molecular flexibility index (Phi) is 8.33. The Bertz CT molecular complexity index is 1110. The van der Waals surface area contributed by atoms with Crippen molar-refractivity contribution < 1.29 is 23.8 Å². The molecular formula is C26H34N4O5. The van der Waals surface area contributed by atoms with Crippen LogP contribution in [0, 0.1) is 26.7 Å². The highest BCUT2D eigenvalue weighted by atomic mass is 16.5. The normalized spacial score (nSPS) is 15.2. The van der Waals surface area contributed by atoms with E-state index in [0.29, 0.717) is 42.3 Å². The molecule has 1 aliphatic heterocycles. The van der Waals surface area contributed by atoms with Crippen LogP contribution in [-0.4, -0.2) is 66.4 Å². The van der Waals surface area contributed by atoms with Crippen molar-refractivity contribution in [3.05, 3.63) is 41.3 Å². The lowest BCUT2D eigenvalue weighted by molar-refractivity contribution is 0.0489. The third-order valence-electron chi connectivity index (χ3n) is 6.14. The molecule has 4 rings (SSSR count). The van der Waals surface area contributed by atoms with Crippen LogP contribution < -0.4 is 14.8 Å². The molecule has 0 spiro atoms. The van der Waals surface area contributed by atoms with Gasteiger partial charge in [0.2, 0.25) is 5.88 Å². The van der Waals surface area contributed by atoms with Crippen molar-refractivity contribution in [3.63, 3.8) is 0 Å². The number of nitrogens with zero attached hydrogens (tertiary/aromatic N) is 3. The first-order valence-corrected chi connectivity index (χ1v) is 12.0. The first kappa shape index (κ1) is 25.1. The molecule has 9 nitrogen and oxygen atoms in total. The number of aromatic nitrogens is 3. The third kappa shape index (κ3) is 6.17. The molecule has 1 aliphatic rings. The molecule has 0 radical (unpaired) electrons. The topological polar surface area (TPSA) is 112 Å². The molecule has 1 atom stereocenters. The zero-order valence-electron chi connectivity index (χ0n) is 20.8. The van der Waals surface area contributed by atoms with Gasteiger partial charge in [-0.15, -0.1) is 0 Å². The summed E-state index contributed by atoms with van der Waals surface area (Å²) in [6, 6.07) is 7.54. The summed E-state index contributed by atoms with van der Waals surface area (Å²) in [7, 11) is 1.79. The van der Waals surface area contributed by atoms with Crippen LogP contribution in [0.4, 0.5) is 0 Å². The van der Waals surface area contributed by atoms with Crippen LogP contribution in [0.3, 0.4) is 0 Å². The molecule has 1 fully saturated rings. The van der Waals surface area contributed by atoms with E-state index in [2.05, 4.69) is 10.5 Å². The van der Waals surface area contributed by atoms with Gasteiger partial charge in [0.1, 0.15) is 24.2 Å². The molecule has 3 aromatic rings. The van der Waals surface area contributed by atoms with Crippen LogP contribution in [0.5, 0.6) is 11.6 Å². The van der Waals surface area contributed by atoms with E-state index in [-0.39, 0.29) is 6.61 Å². The first-order valence-electron chi connectivity index (χ1n) is 12.0. The molecule has 1 saturated heterocycles. The zero-order chi connectivity index (χ0) is 24.8. The lowest BCUT2D eigenvalue weighted by Gasteiger charge is -2.22. The lowest BCUT2D eigenvalue weighted by atomic mass is 10.0. The maximum Gasteiger partial charge on any atom is 0.220 e. The molecule has 35 heavy (non-hydrogen) atoms. The van der Waals surface area contributed by atoms with Gasteiger partial charge < -0.3 is 29.2 Å². The van der Waals surface area contributed by atoms with Crippen LogP contribution >= 0.6 is 0 Å². The summed E-state index contributed by atoms with van der Waals surface area (Å²) in [6.45, 7) is 8.49. The second kappa shape index (κ2) is 11.6. The fourth-order valence-corrected chi connectivity index (χ4v) is 4.15. The van der Waals surface area contributed by atoms with Crippen molar-refractivity contribution in [2.75, 3.05) is 40.0 Å². The first-order chi connectivity index (χ1) is 17.0. The van der Waals surface area contributed by atoms with Crippen LogP contribution in [0.15, 0.2) is 28.8 Å². The van der Waals surface area contributed by atoms with E-state index in [0.717, 1.165) is 54.1 Å². The number of aliphatic hydroxyl groups is 1. The second-order valence-electron chi connectivity index (χ2n) is 8.94. The van der Waals surface area contributed by atoms with E-state index in [4.69, 9.17) is 28.7 Å². The minimum atomic E-state index is -0.601. The van der Waals surface area contributed by atoms with Gasteiger partial charge in [-0.3, -0.25) is 0 Å². The number of aryl methyl sites for hydroxylation is 2. The molecule has 2 N–H and O–H groups in total. The SMILES string of the molecule is CNCC(O)COc1cccc(-c2nc(OCC3CCOCC3)c(C)c(-c3c(C)noc3C)n2)c1. The van der Waals surface area contributed by atoms with Crippen LogP contribution in [-0.2, 0) is 4.74 Å². The molecule has 0 aliphatic carbocycles. The molecule has 0 saturated carbocycles. The van der Waals surface area contributed by atoms with Gasteiger partial charge in [0.05, 0.1) is 23.6 Å². The van der Waals surface area contributed by atoms with Crippen molar-refractivity contribution in [1.29, 1.82) is 0 Å². The van der Waals surface area contributed by atoms with Crippen molar-refractivity contribution in [1.82, 2.24) is 20.4 Å². The Morgan fingerprint density at radius 2 is 1.94 bits per heavy atom. The average molecular weight is 483 g/mol. The number of aliphatic hydroxyl groups excluding tert-OH is 1. The molecule has 0 bridgehead atoms. The van der Waals surface area contributed by atoms with E-state index < -0.39 is 6.10 Å². The average Bonchev–Trinajstić information content (AvgIpc) is 3.20. The van der Waals surface area contributed by atoms with Gasteiger partial charge in [-0.05, 0) is 58.7 Å². The monoisotopic (exact) mass is 482 g/mol. The minimum absolute atomic E-state index is 0.183. The second-order valence-corrected chi connectivity index (χ2v) is 8.94. The van der Waals surface area contributed by atoms with E-state index in [1.807, 2.05) is 45.0 Å². The Morgan fingerprint density at radius 3 is 2.66 bits per heavy atom. The number of ether oxygens (including phenoxy) is 3. The molecule has 2 aromatic heterocycles. The van der Waals surface area contributed by atoms with Gasteiger partial charge in [0.15, 0.2) is 5.82 Å². The highest BCUT2D eigenvalue weighted by Gasteiger charge is 2.22. The lowest BCUT2D eigenvalue weighted by Crippen LogP contribution is -2.29. The molecule has 9 heteroatoms. The van der Waals surface area contributed by atoms with E-state index in [1.165, 1.54) is 0 Å². The molecule has 0 amide bonds. The van der Waals surface area contributed by atoms with Gasteiger partial charge in [-0.2, -0.15) is 4.98 Å². The quantitative estimate of drug-likeness (QED) is 0.448. The predicted molar refractivity (Wildman–Crippen MR) is 132 cm³/mol. The molecule has 1 unspecified atom stereocenters. The Morgan fingerprint density at radius 1 is 1.14 bits per heavy atom. The fourth-order valence-electron chi connectivity index (χ4n) is 4.15. The van der Waals surface area contributed by atoms with E-state index in [1.54, 1.807) is 7.05 Å². The largest absolute Gasteiger partial charge is 0.491 e. The summed E-state index contributed by atoms with van der Waals surface area (Å²) in [5.41, 5.74) is 3.99. The van der Waals surface area contributed by atoms with Gasteiger partial charge in [-0.25, -0.2) is 4.98 Å². The summed E-state index contributed by atoms with van der Waals surface area (Å²) in [5, 5.41) is 17.0. The van der Waals surface area contributed by atoms with Crippen molar-refractivity contribution in [2.45, 2.75) is 39.7 Å².